The van der Waals surface area contributed by atoms with Crippen LogP contribution < -0.4 is 0 Å². The molecule has 138 valence electrons. The summed E-state index contributed by atoms with van der Waals surface area (Å²) in [4.78, 5) is 37.7. The van der Waals surface area contributed by atoms with Crippen molar-refractivity contribution in [2.45, 2.75) is 18.4 Å². The van der Waals surface area contributed by atoms with Crippen LogP contribution in [0.1, 0.15) is 20.8 Å². The van der Waals surface area contributed by atoms with E-state index in [-0.39, 0.29) is 17.2 Å². The van der Waals surface area contributed by atoms with Gasteiger partial charge in [-0.1, -0.05) is 0 Å². The van der Waals surface area contributed by atoms with Crippen molar-refractivity contribution in [3.63, 3.8) is 0 Å². The average molecular weight is 394 g/mol. The fourth-order valence-electron chi connectivity index (χ4n) is 2.15. The molecule has 0 radical (unpaired) electrons. The highest BCUT2D eigenvalue weighted by atomic mass is 32.2. The van der Waals surface area contributed by atoms with Gasteiger partial charge in [-0.05, 0) is 42.3 Å². The number of thioether (sulfide) groups is 1. The molecule has 0 bridgehead atoms. The number of aryl methyl sites for hydroxylation is 1. The molecular formula is C17H18N2O5S2. The zero-order valence-electron chi connectivity index (χ0n) is 14.6. The smallest absolute Gasteiger partial charge is 0.338 e. The van der Waals surface area contributed by atoms with E-state index in [4.69, 9.17) is 4.74 Å². The summed E-state index contributed by atoms with van der Waals surface area (Å²) in [7, 11) is 1.63. The molecule has 2 aromatic rings. The summed E-state index contributed by atoms with van der Waals surface area (Å²) in [6.07, 6.45) is 1.71. The molecule has 0 aliphatic rings. The first-order chi connectivity index (χ1) is 12.3. The maximum absolute atomic E-state index is 12.1. The third-order valence-corrected chi connectivity index (χ3v) is 5.51. The Morgan fingerprint density at radius 3 is 2.65 bits per heavy atom. The first kappa shape index (κ1) is 19.9. The molecule has 1 heterocycles. The van der Waals surface area contributed by atoms with E-state index in [1.165, 1.54) is 28.8 Å². The molecule has 0 fully saturated rings. The summed E-state index contributed by atoms with van der Waals surface area (Å²) in [6.45, 7) is 1.99. The number of hydrogen-bond acceptors (Lipinski definition) is 7. The van der Waals surface area contributed by atoms with E-state index < -0.39 is 17.5 Å². The molecule has 0 atom stereocenters. The summed E-state index contributed by atoms with van der Waals surface area (Å²) in [5, 5.41) is 13.0. The number of likely N-dealkylation sites (N-methyl/N-ethyl adjacent to an activating group) is 1. The van der Waals surface area contributed by atoms with Crippen LogP contribution in [0.4, 0.5) is 5.69 Å². The first-order valence-corrected chi connectivity index (χ1v) is 9.70. The lowest BCUT2D eigenvalue weighted by Crippen LogP contribution is -2.30. The summed E-state index contributed by atoms with van der Waals surface area (Å²) in [5.74, 6) is -1.11. The van der Waals surface area contributed by atoms with Crippen LogP contribution in [0.5, 0.6) is 0 Å². The Kier molecular flexibility index (Phi) is 6.76. The highest BCUT2D eigenvalue weighted by molar-refractivity contribution is 7.98. The van der Waals surface area contributed by atoms with Crippen molar-refractivity contribution in [2.24, 2.45) is 0 Å². The summed E-state index contributed by atoms with van der Waals surface area (Å²) >= 11 is 2.77. The highest BCUT2D eigenvalue weighted by Gasteiger charge is 2.19. The summed E-state index contributed by atoms with van der Waals surface area (Å²) < 4.78 is 5.01. The van der Waals surface area contributed by atoms with Crippen LogP contribution in [0.25, 0.3) is 0 Å². The van der Waals surface area contributed by atoms with Gasteiger partial charge in [0.15, 0.2) is 6.61 Å². The normalized spacial score (nSPS) is 10.4. The van der Waals surface area contributed by atoms with Crippen molar-refractivity contribution in [1.29, 1.82) is 0 Å². The van der Waals surface area contributed by atoms with Crippen LogP contribution in [0, 0.1) is 17.0 Å². The molecule has 1 aromatic heterocycles. The van der Waals surface area contributed by atoms with Crippen molar-refractivity contribution in [1.82, 2.24) is 4.90 Å². The minimum atomic E-state index is -0.769. The number of carbonyl (C=O) groups is 2. The predicted octanol–water partition coefficient (Wildman–Crippen LogP) is 3.50. The fraction of sp³-hybridized carbons (Fsp3) is 0.294. The molecule has 2 rings (SSSR count). The molecule has 1 amide bonds. The minimum Gasteiger partial charge on any atom is -0.452 e. The Bertz CT molecular complexity index is 834. The molecule has 0 saturated heterocycles. The Morgan fingerprint density at radius 1 is 1.35 bits per heavy atom. The first-order valence-electron chi connectivity index (χ1n) is 7.60. The molecule has 0 aliphatic carbocycles. The van der Waals surface area contributed by atoms with E-state index in [1.54, 1.807) is 24.6 Å². The van der Waals surface area contributed by atoms with Crippen LogP contribution in [-0.4, -0.2) is 41.6 Å². The van der Waals surface area contributed by atoms with Crippen LogP contribution in [0.15, 0.2) is 34.5 Å². The van der Waals surface area contributed by atoms with Crippen molar-refractivity contribution < 1.29 is 19.2 Å². The number of nitro groups is 1. The second-order valence-electron chi connectivity index (χ2n) is 5.50. The molecule has 0 aliphatic heterocycles. The molecule has 26 heavy (non-hydrogen) atoms. The second-order valence-corrected chi connectivity index (χ2v) is 7.35. The molecule has 9 heteroatoms. The van der Waals surface area contributed by atoms with Gasteiger partial charge in [-0.3, -0.25) is 14.9 Å². The van der Waals surface area contributed by atoms with E-state index in [1.807, 2.05) is 18.4 Å². The van der Waals surface area contributed by atoms with Crippen molar-refractivity contribution in [3.8, 4) is 0 Å². The van der Waals surface area contributed by atoms with Gasteiger partial charge in [-0.15, -0.1) is 23.1 Å². The quantitative estimate of drug-likeness (QED) is 0.309. The van der Waals surface area contributed by atoms with E-state index in [2.05, 4.69) is 0 Å². The van der Waals surface area contributed by atoms with Crippen LogP contribution in [0.3, 0.4) is 0 Å². The van der Waals surface area contributed by atoms with Gasteiger partial charge in [-0.2, -0.15) is 0 Å². The monoisotopic (exact) mass is 394 g/mol. The topological polar surface area (TPSA) is 89.8 Å². The Morgan fingerprint density at radius 2 is 2.08 bits per heavy atom. The van der Waals surface area contributed by atoms with E-state index in [0.717, 1.165) is 16.5 Å². The molecule has 0 spiro atoms. The third kappa shape index (κ3) is 4.83. The number of nitro benzene ring substituents is 1. The zero-order valence-corrected chi connectivity index (χ0v) is 16.2. The van der Waals surface area contributed by atoms with Crippen molar-refractivity contribution in [2.75, 3.05) is 19.9 Å². The van der Waals surface area contributed by atoms with Gasteiger partial charge in [0.2, 0.25) is 0 Å². The Labute approximate surface area is 159 Å². The third-order valence-electron chi connectivity index (χ3n) is 3.71. The van der Waals surface area contributed by atoms with Gasteiger partial charge in [0, 0.05) is 18.0 Å². The molecule has 0 saturated carbocycles. The number of esters is 1. The Balaban J connectivity index is 1.97. The molecule has 0 unspecified atom stereocenters. The molecular weight excluding hydrogens is 376 g/mol. The SMILES string of the molecule is CSc1ccc(C(=O)OCC(=O)N(C)Cc2sccc2C)cc1[N+](=O)[O-]. The lowest BCUT2D eigenvalue weighted by atomic mass is 10.2. The number of amides is 1. The lowest BCUT2D eigenvalue weighted by Gasteiger charge is -2.16. The number of thiophene rings is 1. The molecule has 7 nitrogen and oxygen atoms in total. The van der Waals surface area contributed by atoms with Gasteiger partial charge in [0.05, 0.1) is 21.9 Å². The van der Waals surface area contributed by atoms with E-state index >= 15 is 0 Å². The molecule has 0 N–H and O–H groups in total. The maximum Gasteiger partial charge on any atom is 0.338 e. The number of hydrogen-bond donors (Lipinski definition) is 0. The van der Waals surface area contributed by atoms with Crippen LogP contribution in [-0.2, 0) is 16.1 Å². The van der Waals surface area contributed by atoms with Gasteiger partial charge >= 0.3 is 5.97 Å². The number of carbonyl (C=O) groups excluding carboxylic acids is 2. The predicted molar refractivity (Wildman–Crippen MR) is 101 cm³/mol. The fourth-order valence-corrected chi connectivity index (χ4v) is 3.66. The largest absolute Gasteiger partial charge is 0.452 e. The highest BCUT2D eigenvalue weighted by Crippen LogP contribution is 2.28. The van der Waals surface area contributed by atoms with Gasteiger partial charge in [0.25, 0.3) is 11.6 Å². The molecule has 1 aromatic carbocycles. The zero-order chi connectivity index (χ0) is 19.3. The van der Waals surface area contributed by atoms with Gasteiger partial charge in [0.1, 0.15) is 0 Å². The van der Waals surface area contributed by atoms with Crippen molar-refractivity contribution in [3.05, 3.63) is 55.8 Å². The van der Waals surface area contributed by atoms with E-state index in [9.17, 15) is 19.7 Å². The number of ether oxygens (including phenoxy) is 1. The van der Waals surface area contributed by atoms with Crippen LogP contribution in [0.2, 0.25) is 0 Å². The lowest BCUT2D eigenvalue weighted by molar-refractivity contribution is -0.387. The Hall–Kier alpha value is -2.39. The number of rotatable bonds is 7. The number of benzene rings is 1. The second kappa shape index (κ2) is 8.81. The van der Waals surface area contributed by atoms with Gasteiger partial charge in [-0.25, -0.2) is 4.79 Å². The average Bonchev–Trinajstić information content (AvgIpc) is 3.03. The van der Waals surface area contributed by atoms with Crippen molar-refractivity contribution >= 4 is 40.7 Å². The summed E-state index contributed by atoms with van der Waals surface area (Å²) in [6, 6.07) is 6.08. The standard InChI is InChI=1S/C17H18N2O5S2/c1-11-6-7-26-15(11)9-18(2)16(20)10-24-17(21)12-4-5-14(25-3)13(8-12)19(22)23/h4-8H,9-10H2,1-3H3. The number of nitrogens with zero attached hydrogens (tertiary/aromatic N) is 2. The van der Waals surface area contributed by atoms with E-state index in [0.29, 0.717) is 11.4 Å². The summed E-state index contributed by atoms with van der Waals surface area (Å²) in [5.41, 5.74) is 0.982. The van der Waals surface area contributed by atoms with Crippen LogP contribution >= 0.6 is 23.1 Å². The maximum atomic E-state index is 12.1. The van der Waals surface area contributed by atoms with Gasteiger partial charge < -0.3 is 9.64 Å². The minimum absolute atomic E-state index is 0.0408.